The van der Waals surface area contributed by atoms with Crippen LogP contribution in [0.1, 0.15) is 122 Å². The number of rotatable bonds is 23. The molecule has 0 spiro atoms. The minimum atomic E-state index is -1.46. The molecule has 0 aromatic rings. The summed E-state index contributed by atoms with van der Waals surface area (Å²) in [5.74, 6) is 0.193. The molecule has 0 bridgehead atoms. The van der Waals surface area contributed by atoms with Gasteiger partial charge in [0.25, 0.3) is 0 Å². The van der Waals surface area contributed by atoms with Crippen LogP contribution in [0.5, 0.6) is 0 Å². The second-order valence-electron chi connectivity index (χ2n) is 8.37. The standard InChI is InChI=1S/C25H48NO3P.H2O.5Y/c1-3-4-5-6-7-8-9-10-11-12-13-14-15-16-19-22-25(27)26-23-20-17-18-21-24-29-30(2)28;;;;;;/h10-11H,3-9,12-24H2,1-2H3;1H2;;;;;/p+1/b11-10-;;;;;;. The zero-order valence-electron chi connectivity index (χ0n) is 23.4. The average Bonchev–Trinajstić information content (AvgIpc) is 2.72. The third-order valence-electron chi connectivity index (χ3n) is 5.33. The maximum atomic E-state index is 11.8. The first kappa shape index (κ1) is 56.5. The summed E-state index contributed by atoms with van der Waals surface area (Å²) in [6.45, 7) is 5.20. The summed E-state index contributed by atoms with van der Waals surface area (Å²) in [5.41, 5.74) is 0. The maximum Gasteiger partial charge on any atom is 0.504 e. The molecule has 199 valence electrons. The number of carbonyl (C=O) groups is 1. The Kier molecular flexibility index (Phi) is 77.6. The van der Waals surface area contributed by atoms with Crippen LogP contribution in [-0.4, -0.2) is 31.2 Å². The molecule has 0 heterocycles. The van der Waals surface area contributed by atoms with Gasteiger partial charge in [0, 0.05) is 177 Å². The zero-order chi connectivity index (χ0) is 22.1. The van der Waals surface area contributed by atoms with Gasteiger partial charge < -0.3 is 10.8 Å². The second-order valence-corrected chi connectivity index (χ2v) is 9.51. The third-order valence-corrected chi connectivity index (χ3v) is 5.88. The molecule has 11 heteroatoms. The van der Waals surface area contributed by atoms with Crippen LogP contribution >= 0.6 is 8.03 Å². The van der Waals surface area contributed by atoms with E-state index in [1.807, 2.05) is 0 Å². The van der Waals surface area contributed by atoms with Gasteiger partial charge in [-0.1, -0.05) is 83.3 Å². The number of amides is 1. The van der Waals surface area contributed by atoms with E-state index in [9.17, 15) is 9.36 Å². The monoisotopic (exact) mass is 905 g/mol. The summed E-state index contributed by atoms with van der Waals surface area (Å²) in [6.07, 6.45) is 26.2. The summed E-state index contributed by atoms with van der Waals surface area (Å²) < 4.78 is 15.8. The molecule has 0 fully saturated rings. The Morgan fingerprint density at radius 1 is 0.694 bits per heavy atom. The first-order chi connectivity index (χ1) is 14.7. The van der Waals surface area contributed by atoms with Gasteiger partial charge >= 0.3 is 8.03 Å². The van der Waals surface area contributed by atoms with E-state index in [1.165, 1.54) is 70.6 Å². The molecule has 1 unspecified atom stereocenters. The third kappa shape index (κ3) is 51.5. The number of hydrogen-bond acceptors (Lipinski definition) is 3. The van der Waals surface area contributed by atoms with Crippen molar-refractivity contribution in [3.05, 3.63) is 12.2 Å². The van der Waals surface area contributed by atoms with Crippen molar-refractivity contribution in [2.45, 2.75) is 122 Å². The fourth-order valence-corrected chi connectivity index (χ4v) is 3.83. The van der Waals surface area contributed by atoms with Gasteiger partial charge in [0.15, 0.2) is 6.66 Å². The van der Waals surface area contributed by atoms with E-state index in [4.69, 9.17) is 4.52 Å². The Bertz CT molecular complexity index is 451. The SMILES string of the molecule is CCCCCCCC/C=C\CCCCCCCC(=O)NCCCCCCO[P+](C)=O.O.[Y].[Y].[Y].[Y].[Y]. The van der Waals surface area contributed by atoms with Gasteiger partial charge in [0.1, 0.15) is 6.61 Å². The van der Waals surface area contributed by atoms with Crippen molar-refractivity contribution in [3.63, 3.8) is 0 Å². The van der Waals surface area contributed by atoms with Crippen LogP contribution in [0.3, 0.4) is 0 Å². The van der Waals surface area contributed by atoms with Gasteiger partial charge in [-0.15, -0.1) is 4.52 Å². The molecule has 5 nitrogen and oxygen atoms in total. The topological polar surface area (TPSA) is 86.9 Å². The van der Waals surface area contributed by atoms with Gasteiger partial charge in [-0.2, -0.15) is 0 Å². The number of nitrogens with one attached hydrogen (secondary N) is 1. The number of carbonyl (C=O) groups excluding carboxylic acids is 1. The molecule has 1 atom stereocenters. The Morgan fingerprint density at radius 3 is 1.67 bits per heavy atom. The van der Waals surface area contributed by atoms with Gasteiger partial charge in [0.2, 0.25) is 5.91 Å². The molecule has 0 aliphatic carbocycles. The second kappa shape index (κ2) is 49.4. The van der Waals surface area contributed by atoms with Crippen molar-refractivity contribution in [1.82, 2.24) is 5.32 Å². The van der Waals surface area contributed by atoms with Crippen molar-refractivity contribution in [1.29, 1.82) is 0 Å². The molecule has 36 heavy (non-hydrogen) atoms. The summed E-state index contributed by atoms with van der Waals surface area (Å²) in [7, 11) is -1.46. The minimum absolute atomic E-state index is 0. The molecule has 1 amide bonds. The van der Waals surface area contributed by atoms with Crippen molar-refractivity contribution < 1.29 is 183 Å². The van der Waals surface area contributed by atoms with Crippen LogP contribution in [0.4, 0.5) is 0 Å². The fraction of sp³-hybridized carbons (Fsp3) is 0.880. The van der Waals surface area contributed by atoms with Gasteiger partial charge in [-0.25, -0.2) is 0 Å². The van der Waals surface area contributed by atoms with Crippen molar-refractivity contribution in [3.8, 4) is 0 Å². The van der Waals surface area contributed by atoms with Gasteiger partial charge in [0.05, 0.1) is 0 Å². The largest absolute Gasteiger partial charge is 0.504 e. The molecule has 0 saturated heterocycles. The number of unbranched alkanes of at least 4 members (excludes halogenated alkanes) is 14. The molecule has 5 radical (unpaired) electrons. The summed E-state index contributed by atoms with van der Waals surface area (Å²) in [6, 6.07) is 0. The van der Waals surface area contributed by atoms with E-state index in [-0.39, 0.29) is 175 Å². The van der Waals surface area contributed by atoms with Crippen LogP contribution in [0.25, 0.3) is 0 Å². The van der Waals surface area contributed by atoms with Crippen LogP contribution in [0.15, 0.2) is 12.2 Å². The van der Waals surface area contributed by atoms with E-state index in [1.54, 1.807) is 6.66 Å². The minimum Gasteiger partial charge on any atom is -0.412 e. The van der Waals surface area contributed by atoms with Gasteiger partial charge in [-0.05, 0) is 49.5 Å². The van der Waals surface area contributed by atoms with Crippen LogP contribution < -0.4 is 5.32 Å². The van der Waals surface area contributed by atoms with E-state index in [0.29, 0.717) is 13.0 Å². The van der Waals surface area contributed by atoms with E-state index in [0.717, 1.165) is 45.1 Å². The Labute approximate surface area is 350 Å². The molecule has 0 aromatic carbocycles. The smallest absolute Gasteiger partial charge is 0.412 e. The van der Waals surface area contributed by atoms with Gasteiger partial charge in [-0.3, -0.25) is 4.79 Å². The summed E-state index contributed by atoms with van der Waals surface area (Å²) >= 11 is 0. The molecule has 0 aliphatic rings. The van der Waals surface area contributed by atoms with Crippen molar-refractivity contribution in [2.24, 2.45) is 0 Å². The molecule has 0 saturated carbocycles. The van der Waals surface area contributed by atoms with Crippen molar-refractivity contribution in [2.75, 3.05) is 19.8 Å². The fourth-order valence-electron chi connectivity index (χ4n) is 3.45. The first-order valence-electron chi connectivity index (χ1n) is 12.6. The van der Waals surface area contributed by atoms with E-state index < -0.39 is 8.03 Å². The average molecular weight is 905 g/mol. The molecule has 3 N–H and O–H groups in total. The van der Waals surface area contributed by atoms with E-state index >= 15 is 0 Å². The zero-order valence-corrected chi connectivity index (χ0v) is 38.4. The Balaban J connectivity index is -0.000000280. The normalized spacial score (nSPS) is 9.89. The first-order valence-corrected chi connectivity index (χ1v) is 14.2. The number of allylic oxidation sites excluding steroid dienone is 2. The quantitative estimate of drug-likeness (QED) is 0.0667. The maximum absolute atomic E-state index is 11.8. The predicted molar refractivity (Wildman–Crippen MR) is 134 cm³/mol. The Hall–Kier alpha value is 4.75. The molecule has 0 aliphatic heterocycles. The Morgan fingerprint density at radius 2 is 1.14 bits per heavy atom. The molecular formula is C25H51NO4PY5+. The predicted octanol–water partition coefficient (Wildman–Crippen LogP) is 7.25. The molecule has 0 aromatic heterocycles. The number of hydrogen-bond donors (Lipinski definition) is 1. The van der Waals surface area contributed by atoms with Crippen molar-refractivity contribution >= 4 is 13.9 Å². The van der Waals surface area contributed by atoms with Crippen LogP contribution in [0.2, 0.25) is 0 Å². The van der Waals surface area contributed by atoms with Crippen LogP contribution in [0, 0.1) is 0 Å². The summed E-state index contributed by atoms with van der Waals surface area (Å²) in [4.78, 5) is 11.8. The van der Waals surface area contributed by atoms with E-state index in [2.05, 4.69) is 24.4 Å². The molecular weight excluding hydrogens is 854 g/mol. The summed E-state index contributed by atoms with van der Waals surface area (Å²) in [5, 5.41) is 3.02. The molecule has 0 rings (SSSR count). The van der Waals surface area contributed by atoms with Crippen LogP contribution in [-0.2, 0) is 177 Å².